The summed E-state index contributed by atoms with van der Waals surface area (Å²) in [4.78, 5) is 46.0. The lowest BCUT2D eigenvalue weighted by molar-refractivity contribution is -0.161. The molecule has 1 rings (SSSR count). The molecule has 1 heterocycles. The molecule has 334 valence electrons. The molecule has 0 aromatic carbocycles. The standard InChI is InChI=1S/C46H74NO11P/c1-3-5-7-9-11-12-13-14-15-16-17-18-19-20-23-27-31-35-44(48)54-37-40(38-55-59(52,53)56-39-41(47)46(50)51)57-45(49)36-32-28-24-21-22-26-30-34-43-42(58-43)33-29-25-10-8-6-4-2/h5,7,11-12,14-15,17-18,21,24-26,29-30,40-43H,3-4,6,8-10,13,16,19-20,22-23,27-28,31-39,47H2,1-2H3,(H,50,51)(H,52,53)/b7-5-,12-11-,15-14-,18-17-,24-21-,29-25-,30-26-/t40-,41+,42?,43?/m1/s1. The zero-order valence-electron chi connectivity index (χ0n) is 35.7. The van der Waals surface area contributed by atoms with Gasteiger partial charge in [-0.1, -0.05) is 125 Å². The zero-order valence-corrected chi connectivity index (χ0v) is 36.6. The first-order valence-electron chi connectivity index (χ1n) is 21.7. The van der Waals surface area contributed by atoms with Crippen molar-refractivity contribution in [2.45, 2.75) is 167 Å². The van der Waals surface area contributed by atoms with E-state index >= 15 is 0 Å². The van der Waals surface area contributed by atoms with E-state index in [1.165, 1.54) is 19.3 Å². The predicted molar refractivity (Wildman–Crippen MR) is 235 cm³/mol. The van der Waals surface area contributed by atoms with Crippen molar-refractivity contribution in [1.82, 2.24) is 0 Å². The number of carboxylic acid groups (broad SMARTS) is 1. The molecular formula is C46H74NO11P. The van der Waals surface area contributed by atoms with Crippen molar-refractivity contribution in [1.29, 1.82) is 0 Å². The van der Waals surface area contributed by atoms with Gasteiger partial charge in [0.25, 0.3) is 0 Å². The van der Waals surface area contributed by atoms with Gasteiger partial charge in [0.2, 0.25) is 0 Å². The Labute approximate surface area is 354 Å². The smallest absolute Gasteiger partial charge is 0.472 e. The third-order valence-electron chi connectivity index (χ3n) is 9.03. The number of aliphatic carboxylic acids is 1. The number of esters is 2. The number of nitrogens with two attached hydrogens (primary N) is 1. The van der Waals surface area contributed by atoms with Gasteiger partial charge >= 0.3 is 25.7 Å². The topological polar surface area (TPSA) is 184 Å². The molecule has 12 nitrogen and oxygen atoms in total. The average molecular weight is 848 g/mol. The molecule has 3 unspecified atom stereocenters. The van der Waals surface area contributed by atoms with Crippen LogP contribution in [0.4, 0.5) is 0 Å². The van der Waals surface area contributed by atoms with Crippen LogP contribution in [-0.4, -0.2) is 72.1 Å². The van der Waals surface area contributed by atoms with E-state index in [9.17, 15) is 23.8 Å². The van der Waals surface area contributed by atoms with Gasteiger partial charge in [-0.15, -0.1) is 0 Å². The number of allylic oxidation sites excluding steroid dienone is 12. The Hall–Kier alpha value is -3.38. The van der Waals surface area contributed by atoms with Crippen molar-refractivity contribution < 1.29 is 52.2 Å². The van der Waals surface area contributed by atoms with Crippen molar-refractivity contribution in [2.75, 3.05) is 19.8 Å². The number of epoxide rings is 1. The minimum atomic E-state index is -4.75. The zero-order chi connectivity index (χ0) is 43.2. The molecule has 0 saturated carbocycles. The SMILES string of the molecule is CC/C=C\C/C=C\C/C=C\C/C=C\CCCCCCC(=O)OC[C@H](COP(=O)(O)OC[C@H](N)C(=O)O)OC(=O)CCC/C=C\C/C=C\CC1OC1C/C=C\CCCCC. The Morgan fingerprint density at radius 2 is 1.12 bits per heavy atom. The predicted octanol–water partition coefficient (Wildman–Crippen LogP) is 10.5. The van der Waals surface area contributed by atoms with E-state index in [4.69, 9.17) is 29.6 Å². The largest absolute Gasteiger partial charge is 0.480 e. The second-order valence-corrected chi connectivity index (χ2v) is 15.9. The van der Waals surface area contributed by atoms with Crippen LogP contribution in [0.2, 0.25) is 0 Å². The summed E-state index contributed by atoms with van der Waals surface area (Å²) < 4.78 is 38.4. The van der Waals surface area contributed by atoms with Gasteiger partial charge in [0.05, 0.1) is 25.4 Å². The molecule has 0 aromatic heterocycles. The number of rotatable bonds is 38. The minimum Gasteiger partial charge on any atom is -0.480 e. The number of carbonyl (C=O) groups is 3. The van der Waals surface area contributed by atoms with Gasteiger partial charge in [-0.25, -0.2) is 4.57 Å². The summed E-state index contributed by atoms with van der Waals surface area (Å²) in [5.41, 5.74) is 5.33. The van der Waals surface area contributed by atoms with Gasteiger partial charge in [0, 0.05) is 12.8 Å². The molecule has 1 aliphatic heterocycles. The molecule has 0 spiro atoms. The highest BCUT2D eigenvalue weighted by Gasteiger charge is 2.36. The van der Waals surface area contributed by atoms with Crippen molar-refractivity contribution in [3.8, 4) is 0 Å². The number of phosphoric acid groups is 1. The van der Waals surface area contributed by atoms with Crippen LogP contribution in [0.5, 0.6) is 0 Å². The molecule has 0 radical (unpaired) electrons. The molecule has 0 aliphatic carbocycles. The summed E-state index contributed by atoms with van der Waals surface area (Å²) in [5, 5.41) is 8.89. The molecule has 4 N–H and O–H groups in total. The lowest BCUT2D eigenvalue weighted by Crippen LogP contribution is -2.34. The first-order chi connectivity index (χ1) is 28.6. The van der Waals surface area contributed by atoms with Crippen molar-refractivity contribution in [2.24, 2.45) is 5.73 Å². The molecule has 0 bridgehead atoms. The van der Waals surface area contributed by atoms with Crippen molar-refractivity contribution in [3.05, 3.63) is 85.1 Å². The number of hydrogen-bond acceptors (Lipinski definition) is 10. The third-order valence-corrected chi connectivity index (χ3v) is 9.98. The Morgan fingerprint density at radius 1 is 0.627 bits per heavy atom. The maximum absolute atomic E-state index is 12.6. The molecule has 59 heavy (non-hydrogen) atoms. The summed E-state index contributed by atoms with van der Waals surface area (Å²) >= 11 is 0. The molecule has 13 heteroatoms. The van der Waals surface area contributed by atoms with Crippen molar-refractivity contribution >= 4 is 25.7 Å². The maximum Gasteiger partial charge on any atom is 0.472 e. The maximum atomic E-state index is 12.6. The van der Waals surface area contributed by atoms with Gasteiger partial charge in [0.1, 0.15) is 12.6 Å². The molecular weight excluding hydrogens is 773 g/mol. The Balaban J connectivity index is 2.36. The quantitative estimate of drug-likeness (QED) is 0.0176. The third kappa shape index (κ3) is 34.1. The van der Waals surface area contributed by atoms with Crippen LogP contribution >= 0.6 is 7.82 Å². The van der Waals surface area contributed by atoms with E-state index in [0.717, 1.165) is 77.0 Å². The molecule has 1 fully saturated rings. The summed E-state index contributed by atoms with van der Waals surface area (Å²) in [6.07, 6.45) is 46.8. The Kier molecular flexibility index (Phi) is 33.2. The molecule has 0 aromatic rings. The van der Waals surface area contributed by atoms with E-state index in [2.05, 4.69) is 91.3 Å². The summed E-state index contributed by atoms with van der Waals surface area (Å²) in [6.45, 7) is 2.55. The van der Waals surface area contributed by atoms with Gasteiger partial charge < -0.3 is 29.9 Å². The fraction of sp³-hybridized carbons (Fsp3) is 0.630. The Morgan fingerprint density at radius 3 is 1.73 bits per heavy atom. The van der Waals surface area contributed by atoms with E-state index in [1.807, 2.05) is 12.2 Å². The van der Waals surface area contributed by atoms with Crippen LogP contribution in [-0.2, 0) is 42.2 Å². The van der Waals surface area contributed by atoms with Crippen LogP contribution in [0.3, 0.4) is 0 Å². The van der Waals surface area contributed by atoms with Gasteiger partial charge in [0.15, 0.2) is 6.10 Å². The van der Waals surface area contributed by atoms with Gasteiger partial charge in [-0.3, -0.25) is 23.4 Å². The van der Waals surface area contributed by atoms with E-state index < -0.39 is 51.1 Å². The highest BCUT2D eigenvalue weighted by atomic mass is 31.2. The number of hydrogen-bond donors (Lipinski definition) is 3. The van der Waals surface area contributed by atoms with Crippen LogP contribution < -0.4 is 5.73 Å². The highest BCUT2D eigenvalue weighted by Crippen LogP contribution is 2.43. The fourth-order valence-corrected chi connectivity index (χ4v) is 6.28. The summed E-state index contributed by atoms with van der Waals surface area (Å²) in [6, 6.07) is -1.54. The molecule has 1 aliphatic rings. The van der Waals surface area contributed by atoms with E-state index in [-0.39, 0.29) is 19.4 Å². The minimum absolute atomic E-state index is 0.0692. The summed E-state index contributed by atoms with van der Waals surface area (Å²) in [7, 11) is -4.75. The average Bonchev–Trinajstić information content (AvgIpc) is 3.97. The first-order valence-corrected chi connectivity index (χ1v) is 23.2. The number of phosphoric ester groups is 1. The summed E-state index contributed by atoms with van der Waals surface area (Å²) in [5.74, 6) is -2.50. The molecule has 5 atom stereocenters. The Bertz CT molecular complexity index is 1390. The van der Waals surface area contributed by atoms with Crippen molar-refractivity contribution in [3.63, 3.8) is 0 Å². The normalized spacial score (nSPS) is 18.0. The highest BCUT2D eigenvalue weighted by molar-refractivity contribution is 7.47. The van der Waals surface area contributed by atoms with Crippen LogP contribution in [0.25, 0.3) is 0 Å². The molecule has 0 amide bonds. The first kappa shape index (κ1) is 53.6. The second-order valence-electron chi connectivity index (χ2n) is 14.5. The number of ether oxygens (including phenoxy) is 3. The fourth-order valence-electron chi connectivity index (χ4n) is 5.50. The molecule has 1 saturated heterocycles. The van der Waals surface area contributed by atoms with Gasteiger partial charge in [-0.2, -0.15) is 0 Å². The van der Waals surface area contributed by atoms with E-state index in [1.54, 1.807) is 0 Å². The van der Waals surface area contributed by atoms with Crippen LogP contribution in [0.1, 0.15) is 142 Å². The lowest BCUT2D eigenvalue weighted by Gasteiger charge is -2.20. The number of carbonyl (C=O) groups excluding carboxylic acids is 2. The second kappa shape index (κ2) is 36.5. The van der Waals surface area contributed by atoms with Gasteiger partial charge in [-0.05, 0) is 89.9 Å². The lowest BCUT2D eigenvalue weighted by atomic mass is 10.1. The number of unbranched alkanes of at least 4 members (excludes halogenated alkanes) is 8. The number of carboxylic acids is 1. The van der Waals surface area contributed by atoms with Crippen LogP contribution in [0, 0.1) is 0 Å². The van der Waals surface area contributed by atoms with E-state index in [0.29, 0.717) is 31.5 Å². The monoisotopic (exact) mass is 847 g/mol. The van der Waals surface area contributed by atoms with Crippen LogP contribution in [0.15, 0.2) is 85.1 Å².